The molecule has 2 aromatic rings. The number of halogens is 3. The predicted molar refractivity (Wildman–Crippen MR) is 106 cm³/mol. The lowest BCUT2D eigenvalue weighted by Gasteiger charge is -2.34. The van der Waals surface area contributed by atoms with Gasteiger partial charge in [-0.1, -0.05) is 0 Å². The molecule has 1 aromatic heterocycles. The third-order valence-electron chi connectivity index (χ3n) is 4.49. The minimum atomic E-state index is -3.62. The minimum absolute atomic E-state index is 0. The fraction of sp³-hybridized carbons (Fsp3) is 0.375. The van der Waals surface area contributed by atoms with Gasteiger partial charge in [0.1, 0.15) is 5.69 Å². The standard InChI is InChI=1S/C16H19FN4O3S.2ClH/c1-25(23,24)16(5-8-18-9-6-16)15(22)20-12-3-4-14(13(17)11-12)21-10-2-7-19-21;;/h2-4,7,10-11,18H,5-6,8-9H2,1H3,(H,20,22);2*1H. The van der Waals surface area contributed by atoms with E-state index in [1.807, 2.05) is 0 Å². The molecule has 1 aromatic carbocycles. The lowest BCUT2D eigenvalue weighted by Crippen LogP contribution is -2.55. The molecule has 0 saturated carbocycles. The van der Waals surface area contributed by atoms with Gasteiger partial charge in [-0.25, -0.2) is 17.5 Å². The number of anilines is 1. The highest BCUT2D eigenvalue weighted by Gasteiger charge is 2.48. The van der Waals surface area contributed by atoms with E-state index in [-0.39, 0.29) is 49.0 Å². The van der Waals surface area contributed by atoms with E-state index >= 15 is 0 Å². The highest BCUT2D eigenvalue weighted by Crippen LogP contribution is 2.30. The third-order valence-corrected chi connectivity index (χ3v) is 6.50. The van der Waals surface area contributed by atoms with E-state index < -0.39 is 26.3 Å². The van der Waals surface area contributed by atoms with Crippen LogP contribution in [0.4, 0.5) is 10.1 Å². The topological polar surface area (TPSA) is 93.1 Å². The van der Waals surface area contributed by atoms with Gasteiger partial charge in [-0.15, -0.1) is 24.8 Å². The average molecular weight is 439 g/mol. The summed E-state index contributed by atoms with van der Waals surface area (Å²) in [7, 11) is -3.62. The zero-order valence-corrected chi connectivity index (χ0v) is 17.0. The molecule has 0 atom stereocenters. The summed E-state index contributed by atoms with van der Waals surface area (Å²) in [6.45, 7) is 0.875. The number of rotatable bonds is 4. The van der Waals surface area contributed by atoms with Crippen molar-refractivity contribution in [1.82, 2.24) is 15.1 Å². The van der Waals surface area contributed by atoms with E-state index in [1.165, 1.54) is 23.0 Å². The summed E-state index contributed by atoms with van der Waals surface area (Å²) >= 11 is 0. The Morgan fingerprint density at radius 2 is 1.96 bits per heavy atom. The highest BCUT2D eigenvalue weighted by atomic mass is 35.5. The van der Waals surface area contributed by atoms with Crippen LogP contribution in [0.2, 0.25) is 0 Å². The van der Waals surface area contributed by atoms with Crippen LogP contribution in [0.3, 0.4) is 0 Å². The minimum Gasteiger partial charge on any atom is -0.325 e. The fourth-order valence-electron chi connectivity index (χ4n) is 3.02. The van der Waals surface area contributed by atoms with Crippen molar-refractivity contribution in [3.63, 3.8) is 0 Å². The third kappa shape index (κ3) is 4.60. The molecule has 2 N–H and O–H groups in total. The quantitative estimate of drug-likeness (QED) is 0.760. The fourth-order valence-corrected chi connectivity index (χ4v) is 4.36. The molecule has 11 heteroatoms. The number of nitrogens with zero attached hydrogens (tertiary/aromatic N) is 2. The van der Waals surface area contributed by atoms with Gasteiger partial charge in [-0.3, -0.25) is 4.79 Å². The summed E-state index contributed by atoms with van der Waals surface area (Å²) in [6, 6.07) is 5.83. The van der Waals surface area contributed by atoms with Gasteiger partial charge in [0.2, 0.25) is 5.91 Å². The molecule has 0 bridgehead atoms. The molecule has 0 aliphatic carbocycles. The maximum Gasteiger partial charge on any atom is 0.245 e. The SMILES string of the molecule is CS(=O)(=O)C1(C(=O)Nc2ccc(-n3cccn3)c(F)c2)CCNCC1.Cl.Cl. The number of sulfone groups is 1. The van der Waals surface area contributed by atoms with Gasteiger partial charge in [0.25, 0.3) is 0 Å². The maximum absolute atomic E-state index is 14.3. The Bertz CT molecular complexity index is 885. The van der Waals surface area contributed by atoms with Crippen LogP contribution in [0.1, 0.15) is 12.8 Å². The molecular formula is C16H21Cl2FN4O3S. The predicted octanol–water partition coefficient (Wildman–Crippen LogP) is 1.96. The van der Waals surface area contributed by atoms with Crippen LogP contribution in [0.5, 0.6) is 0 Å². The molecule has 7 nitrogen and oxygen atoms in total. The molecule has 0 unspecified atom stereocenters. The maximum atomic E-state index is 14.3. The van der Waals surface area contributed by atoms with Gasteiger partial charge in [-0.05, 0) is 50.2 Å². The summed E-state index contributed by atoms with van der Waals surface area (Å²) < 4.78 is 38.7. The molecule has 1 aliphatic heterocycles. The van der Waals surface area contributed by atoms with E-state index in [0.29, 0.717) is 13.1 Å². The lowest BCUT2D eigenvalue weighted by atomic mass is 9.95. The summed E-state index contributed by atoms with van der Waals surface area (Å²) in [5.74, 6) is -1.19. The van der Waals surface area contributed by atoms with Gasteiger partial charge in [0, 0.05) is 24.3 Å². The summed E-state index contributed by atoms with van der Waals surface area (Å²) in [5, 5.41) is 9.56. The number of nitrogens with one attached hydrogen (secondary N) is 2. The van der Waals surface area contributed by atoms with Crippen LogP contribution in [0.25, 0.3) is 5.69 Å². The second-order valence-corrected chi connectivity index (χ2v) is 8.41. The number of carbonyl (C=O) groups is 1. The first-order valence-corrected chi connectivity index (χ1v) is 9.74. The highest BCUT2D eigenvalue weighted by molar-refractivity contribution is 7.92. The van der Waals surface area contributed by atoms with Crippen molar-refractivity contribution in [3.05, 3.63) is 42.5 Å². The molecule has 150 valence electrons. The van der Waals surface area contributed by atoms with Gasteiger partial charge >= 0.3 is 0 Å². The van der Waals surface area contributed by atoms with E-state index in [4.69, 9.17) is 0 Å². The van der Waals surface area contributed by atoms with Crippen molar-refractivity contribution in [1.29, 1.82) is 0 Å². The van der Waals surface area contributed by atoms with Crippen molar-refractivity contribution in [3.8, 4) is 5.69 Å². The van der Waals surface area contributed by atoms with Crippen LogP contribution >= 0.6 is 24.8 Å². The van der Waals surface area contributed by atoms with Crippen molar-refractivity contribution in [2.45, 2.75) is 17.6 Å². The van der Waals surface area contributed by atoms with Crippen molar-refractivity contribution in [2.75, 3.05) is 24.7 Å². The molecule has 2 heterocycles. The Balaban J connectivity index is 0.00000182. The number of aromatic nitrogens is 2. The van der Waals surface area contributed by atoms with Crippen molar-refractivity contribution >= 4 is 46.2 Å². The summed E-state index contributed by atoms with van der Waals surface area (Å²) in [4.78, 5) is 12.7. The van der Waals surface area contributed by atoms with Gasteiger partial charge in [-0.2, -0.15) is 5.10 Å². The second kappa shape index (κ2) is 9.01. The molecule has 1 amide bonds. The van der Waals surface area contributed by atoms with Crippen LogP contribution in [0.15, 0.2) is 36.7 Å². The Morgan fingerprint density at radius 3 is 2.48 bits per heavy atom. The number of amides is 1. The second-order valence-electron chi connectivity index (χ2n) is 6.09. The Morgan fingerprint density at radius 1 is 1.30 bits per heavy atom. The number of benzene rings is 1. The molecule has 1 fully saturated rings. The number of piperidine rings is 1. The molecule has 0 radical (unpaired) electrons. The van der Waals surface area contributed by atoms with Crippen LogP contribution in [0, 0.1) is 5.82 Å². The smallest absolute Gasteiger partial charge is 0.245 e. The van der Waals surface area contributed by atoms with Crippen LogP contribution in [-0.2, 0) is 14.6 Å². The molecule has 1 saturated heterocycles. The van der Waals surface area contributed by atoms with E-state index in [2.05, 4.69) is 15.7 Å². The Labute approximate surface area is 169 Å². The zero-order valence-electron chi connectivity index (χ0n) is 14.5. The normalized spacial score (nSPS) is 15.9. The number of hydrogen-bond donors (Lipinski definition) is 2. The monoisotopic (exact) mass is 438 g/mol. The van der Waals surface area contributed by atoms with E-state index in [0.717, 1.165) is 12.3 Å². The van der Waals surface area contributed by atoms with Crippen LogP contribution < -0.4 is 10.6 Å². The summed E-state index contributed by atoms with van der Waals surface area (Å²) in [6.07, 6.45) is 4.57. The van der Waals surface area contributed by atoms with Crippen molar-refractivity contribution < 1.29 is 17.6 Å². The van der Waals surface area contributed by atoms with E-state index in [9.17, 15) is 17.6 Å². The molecule has 1 aliphatic rings. The number of carbonyl (C=O) groups excluding carboxylic acids is 1. The Hall–Kier alpha value is -1.68. The zero-order chi connectivity index (χ0) is 18.1. The first kappa shape index (κ1) is 23.4. The average Bonchev–Trinajstić information content (AvgIpc) is 3.08. The van der Waals surface area contributed by atoms with Gasteiger partial charge < -0.3 is 10.6 Å². The van der Waals surface area contributed by atoms with E-state index in [1.54, 1.807) is 12.3 Å². The van der Waals surface area contributed by atoms with Crippen molar-refractivity contribution in [2.24, 2.45) is 0 Å². The number of hydrogen-bond acceptors (Lipinski definition) is 5. The molecule has 3 rings (SSSR count). The largest absolute Gasteiger partial charge is 0.325 e. The van der Waals surface area contributed by atoms with Gasteiger partial charge in [0.05, 0.1) is 0 Å². The Kier molecular flexibility index (Phi) is 7.79. The molecular weight excluding hydrogens is 418 g/mol. The lowest BCUT2D eigenvalue weighted by molar-refractivity contribution is -0.119. The summed E-state index contributed by atoms with van der Waals surface area (Å²) in [5.41, 5.74) is 0.447. The first-order valence-electron chi connectivity index (χ1n) is 7.85. The van der Waals surface area contributed by atoms with Gasteiger partial charge in [0.15, 0.2) is 20.4 Å². The van der Waals surface area contributed by atoms with Crippen LogP contribution in [-0.4, -0.2) is 48.2 Å². The molecule has 0 spiro atoms. The molecule has 27 heavy (non-hydrogen) atoms. The first-order chi connectivity index (χ1) is 11.8.